The van der Waals surface area contributed by atoms with Gasteiger partial charge in [-0.15, -0.1) is 0 Å². The van der Waals surface area contributed by atoms with Gasteiger partial charge in [0.25, 0.3) is 5.91 Å². The van der Waals surface area contributed by atoms with Crippen molar-refractivity contribution in [3.8, 4) is 5.88 Å². The van der Waals surface area contributed by atoms with E-state index in [2.05, 4.69) is 30.9 Å². The Labute approximate surface area is 141 Å². The minimum absolute atomic E-state index is 0.176. The van der Waals surface area contributed by atoms with Crippen molar-refractivity contribution in [1.82, 2.24) is 20.3 Å². The van der Waals surface area contributed by atoms with Gasteiger partial charge in [-0.3, -0.25) is 4.79 Å². The molecule has 0 atom stereocenters. The number of nitrogens with zero attached hydrogens (tertiary/aromatic N) is 3. The fourth-order valence-electron chi connectivity index (χ4n) is 2.06. The largest absolute Gasteiger partial charge is 0.481 e. The van der Waals surface area contributed by atoms with E-state index in [1.807, 2.05) is 19.9 Å². The summed E-state index contributed by atoms with van der Waals surface area (Å²) in [5.74, 6) is 2.42. The van der Waals surface area contributed by atoms with Crippen LogP contribution in [0.4, 0.5) is 11.6 Å². The quantitative estimate of drug-likeness (QED) is 0.630. The van der Waals surface area contributed by atoms with Gasteiger partial charge in [0.2, 0.25) is 5.88 Å². The number of carbonyl (C=O) groups excluding carboxylic acids is 1. The van der Waals surface area contributed by atoms with E-state index in [1.165, 1.54) is 13.3 Å². The van der Waals surface area contributed by atoms with Crippen LogP contribution in [0.5, 0.6) is 5.88 Å². The molecule has 0 saturated carbocycles. The molecular weight excluding hydrogens is 308 g/mol. The molecule has 0 aliphatic heterocycles. The Balaban J connectivity index is 1.83. The summed E-state index contributed by atoms with van der Waals surface area (Å²) in [4.78, 5) is 24.6. The first-order chi connectivity index (χ1) is 11.6. The number of nitrogens with one attached hydrogen (secondary N) is 3. The van der Waals surface area contributed by atoms with Crippen LogP contribution in [0.15, 0.2) is 24.4 Å². The van der Waals surface area contributed by atoms with Crippen molar-refractivity contribution in [2.75, 3.05) is 37.4 Å². The predicted molar refractivity (Wildman–Crippen MR) is 92.5 cm³/mol. The number of rotatable bonds is 8. The highest BCUT2D eigenvalue weighted by Gasteiger charge is 2.06. The van der Waals surface area contributed by atoms with E-state index in [0.29, 0.717) is 30.4 Å². The number of amides is 1. The summed E-state index contributed by atoms with van der Waals surface area (Å²) in [7, 11) is 1.51. The molecule has 24 heavy (non-hydrogen) atoms. The van der Waals surface area contributed by atoms with Crippen molar-refractivity contribution >= 4 is 17.5 Å². The number of anilines is 2. The van der Waals surface area contributed by atoms with Gasteiger partial charge in [0.1, 0.15) is 17.5 Å². The molecule has 0 fully saturated rings. The zero-order valence-corrected chi connectivity index (χ0v) is 14.1. The topological polar surface area (TPSA) is 101 Å². The van der Waals surface area contributed by atoms with Crippen LogP contribution in [0.3, 0.4) is 0 Å². The molecule has 0 bridgehead atoms. The second-order valence-electron chi connectivity index (χ2n) is 4.99. The van der Waals surface area contributed by atoms with Crippen LogP contribution in [-0.4, -0.2) is 47.6 Å². The van der Waals surface area contributed by atoms with E-state index >= 15 is 0 Å². The molecule has 0 unspecified atom stereocenters. The van der Waals surface area contributed by atoms with Crippen molar-refractivity contribution in [2.24, 2.45) is 0 Å². The molecule has 8 nitrogen and oxygen atoms in total. The lowest BCUT2D eigenvalue weighted by Crippen LogP contribution is -2.29. The standard InChI is InChI=1S/C16H22N6O2/c1-4-17-13-10-14(22-11(2)21-13)18-7-8-20-16(23)12-5-6-19-15(9-12)24-3/h5-6,9-10H,4,7-8H2,1-3H3,(H,20,23)(H2,17,18,21,22). The Morgan fingerprint density at radius 2 is 1.92 bits per heavy atom. The van der Waals surface area contributed by atoms with E-state index in [0.717, 1.165) is 18.2 Å². The van der Waals surface area contributed by atoms with Crippen LogP contribution in [0.25, 0.3) is 0 Å². The SMILES string of the molecule is CCNc1cc(NCCNC(=O)c2ccnc(OC)c2)nc(C)n1. The molecule has 2 aromatic heterocycles. The third-order valence-electron chi connectivity index (χ3n) is 3.12. The number of hydrogen-bond acceptors (Lipinski definition) is 7. The van der Waals surface area contributed by atoms with Gasteiger partial charge in [-0.2, -0.15) is 0 Å². The molecule has 1 amide bonds. The highest BCUT2D eigenvalue weighted by molar-refractivity contribution is 5.94. The minimum Gasteiger partial charge on any atom is -0.481 e. The second kappa shape index (κ2) is 8.66. The fourth-order valence-corrected chi connectivity index (χ4v) is 2.06. The number of methoxy groups -OCH3 is 1. The molecule has 8 heteroatoms. The Kier molecular flexibility index (Phi) is 6.30. The average Bonchev–Trinajstić information content (AvgIpc) is 2.58. The van der Waals surface area contributed by atoms with Crippen molar-refractivity contribution in [2.45, 2.75) is 13.8 Å². The molecular formula is C16H22N6O2. The molecule has 2 rings (SSSR count). The third kappa shape index (κ3) is 5.08. The number of carbonyl (C=O) groups is 1. The molecule has 0 radical (unpaired) electrons. The summed E-state index contributed by atoms with van der Waals surface area (Å²) in [6.07, 6.45) is 1.54. The summed E-state index contributed by atoms with van der Waals surface area (Å²) >= 11 is 0. The molecule has 3 N–H and O–H groups in total. The first-order valence-corrected chi connectivity index (χ1v) is 7.74. The fraction of sp³-hybridized carbons (Fsp3) is 0.375. The molecule has 2 heterocycles. The zero-order valence-electron chi connectivity index (χ0n) is 14.1. The first-order valence-electron chi connectivity index (χ1n) is 7.74. The van der Waals surface area contributed by atoms with Crippen molar-refractivity contribution < 1.29 is 9.53 Å². The lowest BCUT2D eigenvalue weighted by atomic mass is 10.2. The van der Waals surface area contributed by atoms with Gasteiger partial charge >= 0.3 is 0 Å². The maximum absolute atomic E-state index is 12.1. The molecule has 0 aliphatic carbocycles. The molecule has 0 aromatic carbocycles. The van der Waals surface area contributed by atoms with Crippen LogP contribution in [0.2, 0.25) is 0 Å². The van der Waals surface area contributed by atoms with Crippen molar-refractivity contribution in [3.63, 3.8) is 0 Å². The Hall–Kier alpha value is -2.90. The summed E-state index contributed by atoms with van der Waals surface area (Å²) in [6.45, 7) is 5.65. The normalized spacial score (nSPS) is 10.1. The molecule has 2 aromatic rings. The highest BCUT2D eigenvalue weighted by Crippen LogP contribution is 2.10. The van der Waals surface area contributed by atoms with E-state index in [9.17, 15) is 4.79 Å². The Morgan fingerprint density at radius 1 is 1.17 bits per heavy atom. The highest BCUT2D eigenvalue weighted by atomic mass is 16.5. The van der Waals surface area contributed by atoms with Gasteiger partial charge < -0.3 is 20.7 Å². The summed E-state index contributed by atoms with van der Waals surface area (Å²) in [5, 5.41) is 9.15. The third-order valence-corrected chi connectivity index (χ3v) is 3.12. The minimum atomic E-state index is -0.176. The number of aryl methyl sites for hydroxylation is 1. The molecule has 0 aliphatic rings. The van der Waals surface area contributed by atoms with Crippen LogP contribution >= 0.6 is 0 Å². The monoisotopic (exact) mass is 330 g/mol. The Bertz CT molecular complexity index is 692. The summed E-state index contributed by atoms with van der Waals surface area (Å²) < 4.78 is 5.01. The summed E-state index contributed by atoms with van der Waals surface area (Å²) in [6, 6.07) is 5.08. The average molecular weight is 330 g/mol. The summed E-state index contributed by atoms with van der Waals surface area (Å²) in [5.41, 5.74) is 0.508. The zero-order chi connectivity index (χ0) is 17.4. The van der Waals surface area contributed by atoms with Gasteiger partial charge in [-0.1, -0.05) is 0 Å². The van der Waals surface area contributed by atoms with Gasteiger partial charge in [-0.25, -0.2) is 15.0 Å². The van der Waals surface area contributed by atoms with Crippen molar-refractivity contribution in [3.05, 3.63) is 35.8 Å². The van der Waals surface area contributed by atoms with E-state index in [-0.39, 0.29) is 5.91 Å². The van der Waals surface area contributed by atoms with Crippen LogP contribution in [0, 0.1) is 6.92 Å². The van der Waals surface area contributed by atoms with Crippen LogP contribution in [-0.2, 0) is 0 Å². The van der Waals surface area contributed by atoms with Gasteiger partial charge in [0, 0.05) is 43.5 Å². The number of pyridine rings is 1. The smallest absolute Gasteiger partial charge is 0.251 e. The van der Waals surface area contributed by atoms with Gasteiger partial charge in [-0.05, 0) is 19.9 Å². The molecule has 128 valence electrons. The van der Waals surface area contributed by atoms with E-state index in [1.54, 1.807) is 12.1 Å². The first kappa shape index (κ1) is 17.5. The number of aromatic nitrogens is 3. The molecule has 0 saturated heterocycles. The van der Waals surface area contributed by atoms with Crippen LogP contribution < -0.4 is 20.7 Å². The lowest BCUT2D eigenvalue weighted by molar-refractivity contribution is 0.0954. The van der Waals surface area contributed by atoms with Crippen LogP contribution in [0.1, 0.15) is 23.1 Å². The predicted octanol–water partition coefficient (Wildman–Crippen LogP) is 1.46. The van der Waals surface area contributed by atoms with Gasteiger partial charge in [0.05, 0.1) is 7.11 Å². The maximum Gasteiger partial charge on any atom is 0.251 e. The van der Waals surface area contributed by atoms with Gasteiger partial charge in [0.15, 0.2) is 0 Å². The number of ether oxygens (including phenoxy) is 1. The Morgan fingerprint density at radius 3 is 2.62 bits per heavy atom. The van der Waals surface area contributed by atoms with Crippen molar-refractivity contribution in [1.29, 1.82) is 0 Å². The second-order valence-corrected chi connectivity index (χ2v) is 4.99. The number of hydrogen-bond donors (Lipinski definition) is 3. The lowest BCUT2D eigenvalue weighted by Gasteiger charge is -2.10. The van der Waals surface area contributed by atoms with E-state index < -0.39 is 0 Å². The maximum atomic E-state index is 12.1. The van der Waals surface area contributed by atoms with E-state index in [4.69, 9.17) is 4.74 Å². The molecule has 0 spiro atoms.